The second kappa shape index (κ2) is 10.6. The van der Waals surface area contributed by atoms with Crippen LogP contribution in [0.3, 0.4) is 0 Å². The van der Waals surface area contributed by atoms with Gasteiger partial charge in [0.05, 0.1) is 19.1 Å². The highest BCUT2D eigenvalue weighted by molar-refractivity contribution is 7.99. The van der Waals surface area contributed by atoms with Crippen molar-refractivity contribution in [1.82, 2.24) is 5.32 Å². The molecule has 132 valence electrons. The summed E-state index contributed by atoms with van der Waals surface area (Å²) in [6, 6.07) is 19.1. The van der Waals surface area contributed by atoms with Crippen molar-refractivity contribution in [3.05, 3.63) is 66.2 Å². The summed E-state index contributed by atoms with van der Waals surface area (Å²) < 4.78 is 5.02. The van der Waals surface area contributed by atoms with E-state index < -0.39 is 0 Å². The molecule has 2 aromatic rings. The molecule has 1 N–H and O–H groups in total. The van der Waals surface area contributed by atoms with Gasteiger partial charge in [-0.1, -0.05) is 48.5 Å². The molecule has 5 heteroatoms. The van der Waals surface area contributed by atoms with Crippen LogP contribution < -0.4 is 5.32 Å². The fourth-order valence-electron chi connectivity index (χ4n) is 2.37. The monoisotopic (exact) mass is 357 g/mol. The number of rotatable bonds is 9. The number of hydrogen-bond donors (Lipinski definition) is 1. The summed E-state index contributed by atoms with van der Waals surface area (Å²) in [6.45, 7) is 2.11. The van der Waals surface area contributed by atoms with Crippen LogP contribution in [-0.4, -0.2) is 24.2 Å². The lowest BCUT2D eigenvalue weighted by atomic mass is 10.0. The molecular weight excluding hydrogens is 334 g/mol. The van der Waals surface area contributed by atoms with Crippen LogP contribution in [0.4, 0.5) is 0 Å². The number of thioether (sulfide) groups is 1. The molecule has 0 bridgehead atoms. The van der Waals surface area contributed by atoms with Crippen molar-refractivity contribution in [3.63, 3.8) is 0 Å². The van der Waals surface area contributed by atoms with Crippen molar-refractivity contribution < 1.29 is 14.3 Å². The molecule has 0 radical (unpaired) electrons. The lowest BCUT2D eigenvalue weighted by Gasteiger charge is -2.18. The SMILES string of the molecule is CCOC(=O)CC(NC(=O)CCSc1ccccc1)c1ccccc1. The molecule has 0 aliphatic rings. The van der Waals surface area contributed by atoms with Crippen molar-refractivity contribution in [2.75, 3.05) is 12.4 Å². The molecule has 2 rings (SSSR count). The fourth-order valence-corrected chi connectivity index (χ4v) is 3.24. The Kier molecular flexibility index (Phi) is 8.05. The van der Waals surface area contributed by atoms with Gasteiger partial charge in [0, 0.05) is 17.1 Å². The third-order valence-corrected chi connectivity index (χ3v) is 4.57. The average molecular weight is 357 g/mol. The van der Waals surface area contributed by atoms with E-state index in [1.807, 2.05) is 60.7 Å². The van der Waals surface area contributed by atoms with Gasteiger partial charge in [-0.3, -0.25) is 9.59 Å². The summed E-state index contributed by atoms with van der Waals surface area (Å²) in [7, 11) is 0. The number of esters is 1. The van der Waals surface area contributed by atoms with E-state index in [0.717, 1.165) is 10.5 Å². The van der Waals surface area contributed by atoms with Crippen LogP contribution in [0, 0.1) is 0 Å². The molecular formula is C20H23NO3S. The minimum Gasteiger partial charge on any atom is -0.466 e. The quantitative estimate of drug-likeness (QED) is 0.545. The number of hydrogen-bond acceptors (Lipinski definition) is 4. The van der Waals surface area contributed by atoms with Gasteiger partial charge in [0.25, 0.3) is 0 Å². The highest BCUT2D eigenvalue weighted by atomic mass is 32.2. The van der Waals surface area contributed by atoms with Gasteiger partial charge in [-0.2, -0.15) is 0 Å². The van der Waals surface area contributed by atoms with Crippen LogP contribution in [0.15, 0.2) is 65.6 Å². The van der Waals surface area contributed by atoms with Crippen LogP contribution in [-0.2, 0) is 14.3 Å². The topological polar surface area (TPSA) is 55.4 Å². The Labute approximate surface area is 153 Å². The number of ether oxygens (including phenoxy) is 1. The molecule has 0 spiro atoms. The summed E-state index contributed by atoms with van der Waals surface area (Å²) >= 11 is 1.64. The second-order valence-corrected chi connectivity index (χ2v) is 6.62. The third kappa shape index (κ3) is 7.01. The van der Waals surface area contributed by atoms with Gasteiger partial charge in [0.1, 0.15) is 0 Å². The first kappa shape index (κ1) is 19.1. The van der Waals surface area contributed by atoms with E-state index in [-0.39, 0.29) is 24.3 Å². The summed E-state index contributed by atoms with van der Waals surface area (Å²) in [6.07, 6.45) is 0.529. The maximum Gasteiger partial charge on any atom is 0.308 e. The zero-order chi connectivity index (χ0) is 17.9. The van der Waals surface area contributed by atoms with Crippen LogP contribution in [0.2, 0.25) is 0 Å². The second-order valence-electron chi connectivity index (χ2n) is 5.45. The molecule has 0 saturated carbocycles. The van der Waals surface area contributed by atoms with E-state index in [9.17, 15) is 9.59 Å². The Morgan fingerprint density at radius 3 is 2.32 bits per heavy atom. The number of carbonyl (C=O) groups is 2. The molecule has 0 heterocycles. The highest BCUT2D eigenvalue weighted by Crippen LogP contribution is 2.20. The lowest BCUT2D eigenvalue weighted by Crippen LogP contribution is -2.30. The van der Waals surface area contributed by atoms with E-state index in [1.165, 1.54) is 0 Å². The smallest absolute Gasteiger partial charge is 0.308 e. The summed E-state index contributed by atoms with van der Waals surface area (Å²) in [5.41, 5.74) is 0.902. The normalized spacial score (nSPS) is 11.6. The number of carbonyl (C=O) groups excluding carboxylic acids is 2. The predicted octanol–water partition coefficient (Wildman–Crippen LogP) is 3.98. The van der Waals surface area contributed by atoms with Crippen molar-refractivity contribution >= 4 is 23.6 Å². The molecule has 0 aliphatic carbocycles. The number of nitrogens with one attached hydrogen (secondary N) is 1. The molecule has 0 aromatic heterocycles. The van der Waals surface area contributed by atoms with Gasteiger partial charge in [-0.25, -0.2) is 0 Å². The van der Waals surface area contributed by atoms with Gasteiger partial charge in [0.2, 0.25) is 5.91 Å². The minimum atomic E-state index is -0.366. The van der Waals surface area contributed by atoms with Crippen LogP contribution in [0.25, 0.3) is 0 Å². The zero-order valence-corrected chi connectivity index (χ0v) is 15.1. The molecule has 1 unspecified atom stereocenters. The van der Waals surface area contributed by atoms with Gasteiger partial charge in [-0.05, 0) is 24.6 Å². The van der Waals surface area contributed by atoms with E-state index in [1.54, 1.807) is 18.7 Å². The molecule has 25 heavy (non-hydrogen) atoms. The Balaban J connectivity index is 1.89. The first-order valence-electron chi connectivity index (χ1n) is 8.37. The summed E-state index contributed by atoms with van der Waals surface area (Å²) in [5.74, 6) is 0.313. The Morgan fingerprint density at radius 2 is 1.68 bits per heavy atom. The largest absolute Gasteiger partial charge is 0.466 e. The summed E-state index contributed by atoms with van der Waals surface area (Å²) in [4.78, 5) is 25.2. The van der Waals surface area contributed by atoms with Gasteiger partial charge < -0.3 is 10.1 Å². The lowest BCUT2D eigenvalue weighted by molar-refractivity contribution is -0.143. The summed E-state index contributed by atoms with van der Waals surface area (Å²) in [5, 5.41) is 2.96. The van der Waals surface area contributed by atoms with Gasteiger partial charge >= 0.3 is 5.97 Å². The van der Waals surface area contributed by atoms with E-state index in [2.05, 4.69) is 5.32 Å². The minimum absolute atomic E-state index is 0.0680. The molecule has 1 atom stereocenters. The predicted molar refractivity (Wildman–Crippen MR) is 100 cm³/mol. The number of amides is 1. The zero-order valence-electron chi connectivity index (χ0n) is 14.3. The van der Waals surface area contributed by atoms with Gasteiger partial charge in [0.15, 0.2) is 0 Å². The molecule has 0 saturated heterocycles. The molecule has 0 aliphatic heterocycles. The van der Waals surface area contributed by atoms with Crippen molar-refractivity contribution in [2.45, 2.75) is 30.7 Å². The average Bonchev–Trinajstić information content (AvgIpc) is 2.63. The maximum atomic E-state index is 12.3. The van der Waals surface area contributed by atoms with E-state index in [0.29, 0.717) is 18.8 Å². The molecule has 1 amide bonds. The van der Waals surface area contributed by atoms with E-state index in [4.69, 9.17) is 4.74 Å². The fraction of sp³-hybridized carbons (Fsp3) is 0.300. The standard InChI is InChI=1S/C20H23NO3S/c1-2-24-20(23)15-18(16-9-5-3-6-10-16)21-19(22)13-14-25-17-11-7-4-8-12-17/h3-12,18H,2,13-15H2,1H3,(H,21,22). The van der Waals surface area contributed by atoms with E-state index >= 15 is 0 Å². The third-order valence-electron chi connectivity index (χ3n) is 3.55. The van der Waals surface area contributed by atoms with Crippen LogP contribution >= 0.6 is 11.8 Å². The molecule has 0 fully saturated rings. The van der Waals surface area contributed by atoms with Crippen LogP contribution in [0.1, 0.15) is 31.4 Å². The first-order valence-corrected chi connectivity index (χ1v) is 9.35. The first-order chi connectivity index (χ1) is 12.2. The van der Waals surface area contributed by atoms with Crippen molar-refractivity contribution in [1.29, 1.82) is 0 Å². The van der Waals surface area contributed by atoms with Crippen molar-refractivity contribution in [3.8, 4) is 0 Å². The van der Waals surface area contributed by atoms with Gasteiger partial charge in [-0.15, -0.1) is 11.8 Å². The van der Waals surface area contributed by atoms with Crippen LogP contribution in [0.5, 0.6) is 0 Å². The Bertz CT molecular complexity index is 661. The van der Waals surface area contributed by atoms with Crippen molar-refractivity contribution in [2.24, 2.45) is 0 Å². The highest BCUT2D eigenvalue weighted by Gasteiger charge is 2.19. The Morgan fingerprint density at radius 1 is 1.04 bits per heavy atom. The number of benzene rings is 2. The maximum absolute atomic E-state index is 12.3. The molecule has 4 nitrogen and oxygen atoms in total. The Hall–Kier alpha value is -2.27. The molecule has 2 aromatic carbocycles.